The summed E-state index contributed by atoms with van der Waals surface area (Å²) in [7, 11) is 1.81. The van der Waals surface area contributed by atoms with Crippen LogP contribution in [0.25, 0.3) is 0 Å². The third-order valence-corrected chi connectivity index (χ3v) is 5.00. The number of rotatable bonds is 6. The lowest BCUT2D eigenvalue weighted by atomic mass is 10.1. The summed E-state index contributed by atoms with van der Waals surface area (Å²) in [6.07, 6.45) is 2.20. The molecule has 2 aromatic rings. The van der Waals surface area contributed by atoms with E-state index in [4.69, 9.17) is 18.9 Å². The molecule has 0 saturated carbocycles. The van der Waals surface area contributed by atoms with Crippen LogP contribution in [-0.4, -0.2) is 57.0 Å². The number of fused-ring (bicyclic) bond motifs is 1. The summed E-state index contributed by atoms with van der Waals surface area (Å²) < 4.78 is 22.6. The molecule has 0 spiro atoms. The Labute approximate surface area is 171 Å². The molecule has 1 N–H and O–H groups in total. The molecule has 4 rings (SSSR count). The van der Waals surface area contributed by atoms with Crippen LogP contribution in [0, 0.1) is 0 Å². The highest BCUT2D eigenvalue weighted by Gasteiger charge is 2.22. The van der Waals surface area contributed by atoms with Gasteiger partial charge in [0.1, 0.15) is 24.2 Å². The third-order valence-electron chi connectivity index (χ3n) is 5.00. The highest BCUT2D eigenvalue weighted by atomic mass is 16.7. The zero-order valence-electron chi connectivity index (χ0n) is 16.7. The largest absolute Gasteiger partial charge is 0.492 e. The molecule has 154 valence electrons. The summed E-state index contributed by atoms with van der Waals surface area (Å²) in [5.41, 5.74) is 0. The maximum atomic E-state index is 6.07. The van der Waals surface area contributed by atoms with Crippen molar-refractivity contribution in [3.05, 3.63) is 48.5 Å². The molecule has 7 nitrogen and oxygen atoms in total. The minimum absolute atomic E-state index is 0.251. The van der Waals surface area contributed by atoms with Gasteiger partial charge in [-0.05, 0) is 24.3 Å². The molecule has 2 aliphatic rings. The maximum absolute atomic E-state index is 6.07. The fourth-order valence-corrected chi connectivity index (χ4v) is 3.51. The molecule has 0 aliphatic carbocycles. The number of para-hydroxylation sites is 1. The van der Waals surface area contributed by atoms with Gasteiger partial charge in [-0.3, -0.25) is 4.99 Å². The smallest absolute Gasteiger partial charge is 0.231 e. The molecule has 29 heavy (non-hydrogen) atoms. The summed E-state index contributed by atoms with van der Waals surface area (Å²) in [4.78, 5) is 6.68. The second kappa shape index (κ2) is 9.41. The number of nitrogens with zero attached hydrogens (tertiary/aromatic N) is 2. The summed E-state index contributed by atoms with van der Waals surface area (Å²) >= 11 is 0. The van der Waals surface area contributed by atoms with Crippen molar-refractivity contribution in [2.45, 2.75) is 18.9 Å². The first-order valence-corrected chi connectivity index (χ1v) is 10.0. The Morgan fingerprint density at radius 1 is 1.07 bits per heavy atom. The molecule has 2 aliphatic heterocycles. The van der Waals surface area contributed by atoms with Crippen LogP contribution in [0.1, 0.15) is 12.8 Å². The van der Waals surface area contributed by atoms with Crippen molar-refractivity contribution in [1.29, 1.82) is 0 Å². The van der Waals surface area contributed by atoms with Crippen molar-refractivity contribution >= 4 is 5.96 Å². The van der Waals surface area contributed by atoms with Gasteiger partial charge < -0.3 is 29.2 Å². The van der Waals surface area contributed by atoms with Crippen molar-refractivity contribution in [2.75, 3.05) is 40.1 Å². The Hall–Kier alpha value is -3.09. The van der Waals surface area contributed by atoms with E-state index in [1.807, 2.05) is 55.6 Å². The minimum Gasteiger partial charge on any atom is -0.492 e. The van der Waals surface area contributed by atoms with E-state index in [2.05, 4.69) is 15.2 Å². The Kier molecular flexibility index (Phi) is 6.24. The molecule has 0 bridgehead atoms. The molecule has 1 saturated heterocycles. The van der Waals surface area contributed by atoms with E-state index >= 15 is 0 Å². The summed E-state index contributed by atoms with van der Waals surface area (Å²) in [5.74, 6) is 4.10. The van der Waals surface area contributed by atoms with Gasteiger partial charge in [0, 0.05) is 39.0 Å². The minimum atomic E-state index is 0.251. The number of ether oxygens (including phenoxy) is 4. The van der Waals surface area contributed by atoms with Gasteiger partial charge in [-0.15, -0.1) is 0 Å². The second-order valence-corrected chi connectivity index (χ2v) is 6.95. The first kappa shape index (κ1) is 19.2. The number of likely N-dealkylation sites (tertiary alicyclic amines) is 1. The van der Waals surface area contributed by atoms with Crippen LogP contribution < -0.4 is 24.3 Å². The molecule has 2 heterocycles. The lowest BCUT2D eigenvalue weighted by Gasteiger charge is -2.34. The molecular weight excluding hydrogens is 370 g/mol. The fourth-order valence-electron chi connectivity index (χ4n) is 3.51. The molecule has 0 aromatic heterocycles. The van der Waals surface area contributed by atoms with E-state index in [1.54, 1.807) is 0 Å². The molecule has 0 atom stereocenters. The molecule has 2 aromatic carbocycles. The van der Waals surface area contributed by atoms with Crippen LogP contribution in [-0.2, 0) is 0 Å². The van der Waals surface area contributed by atoms with Crippen molar-refractivity contribution in [1.82, 2.24) is 10.2 Å². The zero-order valence-corrected chi connectivity index (χ0v) is 16.7. The van der Waals surface area contributed by atoms with Crippen LogP contribution in [0.4, 0.5) is 0 Å². The van der Waals surface area contributed by atoms with Crippen molar-refractivity contribution in [2.24, 2.45) is 4.99 Å². The van der Waals surface area contributed by atoms with Crippen LogP contribution in [0.15, 0.2) is 53.5 Å². The van der Waals surface area contributed by atoms with Crippen LogP contribution in [0.3, 0.4) is 0 Å². The number of hydrogen-bond acceptors (Lipinski definition) is 5. The first-order valence-electron chi connectivity index (χ1n) is 10.0. The predicted octanol–water partition coefficient (Wildman–Crippen LogP) is 2.91. The highest BCUT2D eigenvalue weighted by molar-refractivity contribution is 5.79. The average Bonchev–Trinajstić information content (AvgIpc) is 3.23. The number of nitrogens with one attached hydrogen (secondary N) is 1. The topological polar surface area (TPSA) is 64.6 Å². The number of piperidine rings is 1. The summed E-state index contributed by atoms with van der Waals surface area (Å²) in [6.45, 7) is 3.30. The quantitative estimate of drug-likeness (QED) is 0.459. The fraction of sp³-hybridized carbons (Fsp3) is 0.409. The van der Waals surface area contributed by atoms with E-state index in [0.717, 1.165) is 54.9 Å². The molecule has 0 amide bonds. The van der Waals surface area contributed by atoms with Gasteiger partial charge in [-0.2, -0.15) is 0 Å². The molecular formula is C22H27N3O4. The van der Waals surface area contributed by atoms with Gasteiger partial charge in [0.15, 0.2) is 17.5 Å². The number of hydrogen-bond donors (Lipinski definition) is 1. The van der Waals surface area contributed by atoms with E-state index in [0.29, 0.717) is 13.2 Å². The number of benzene rings is 2. The van der Waals surface area contributed by atoms with Gasteiger partial charge in [0.25, 0.3) is 0 Å². The van der Waals surface area contributed by atoms with E-state index in [9.17, 15) is 0 Å². The molecule has 7 heteroatoms. The highest BCUT2D eigenvalue weighted by Crippen LogP contribution is 2.35. The second-order valence-electron chi connectivity index (χ2n) is 6.95. The van der Waals surface area contributed by atoms with Crippen molar-refractivity contribution in [3.63, 3.8) is 0 Å². The lowest BCUT2D eigenvalue weighted by Crippen LogP contribution is -2.48. The Morgan fingerprint density at radius 3 is 2.66 bits per heavy atom. The van der Waals surface area contributed by atoms with E-state index in [-0.39, 0.29) is 12.9 Å². The number of guanidine groups is 1. The Bertz CT molecular complexity index is 820. The first-order chi connectivity index (χ1) is 14.3. The lowest BCUT2D eigenvalue weighted by molar-refractivity contribution is 0.129. The number of aliphatic imine (C=N–C) groups is 1. The van der Waals surface area contributed by atoms with Gasteiger partial charge in [0.05, 0.1) is 6.54 Å². The summed E-state index contributed by atoms with van der Waals surface area (Å²) in [6, 6.07) is 15.6. The van der Waals surface area contributed by atoms with E-state index < -0.39 is 0 Å². The van der Waals surface area contributed by atoms with Crippen LogP contribution in [0.2, 0.25) is 0 Å². The van der Waals surface area contributed by atoms with Crippen LogP contribution >= 0.6 is 0 Å². The zero-order chi connectivity index (χ0) is 19.9. The predicted molar refractivity (Wildman–Crippen MR) is 111 cm³/mol. The van der Waals surface area contributed by atoms with Crippen molar-refractivity contribution < 1.29 is 18.9 Å². The third kappa shape index (κ3) is 5.04. The Balaban J connectivity index is 1.18. The average molecular weight is 397 g/mol. The van der Waals surface area contributed by atoms with Gasteiger partial charge in [-0.1, -0.05) is 18.2 Å². The molecule has 0 unspecified atom stereocenters. The maximum Gasteiger partial charge on any atom is 0.231 e. The summed E-state index contributed by atoms with van der Waals surface area (Å²) in [5, 5.41) is 3.38. The monoisotopic (exact) mass is 397 g/mol. The SMILES string of the molecule is CN=C(NCCOc1ccc2c(c1)OCO2)N1CCC(Oc2ccccc2)CC1. The standard InChI is InChI=1S/C22H27N3O4/c1-23-22(24-11-14-26-19-7-8-20-21(15-19)28-16-27-20)25-12-9-18(10-13-25)29-17-5-3-2-4-6-17/h2-8,15,18H,9-14,16H2,1H3,(H,23,24). The Morgan fingerprint density at radius 2 is 1.86 bits per heavy atom. The normalized spacial score (nSPS) is 16.6. The van der Waals surface area contributed by atoms with E-state index in [1.165, 1.54) is 0 Å². The van der Waals surface area contributed by atoms with Crippen LogP contribution in [0.5, 0.6) is 23.0 Å². The molecule has 0 radical (unpaired) electrons. The van der Waals surface area contributed by atoms with Gasteiger partial charge in [0.2, 0.25) is 6.79 Å². The van der Waals surface area contributed by atoms with Crippen molar-refractivity contribution in [3.8, 4) is 23.0 Å². The van der Waals surface area contributed by atoms with Gasteiger partial charge >= 0.3 is 0 Å². The van der Waals surface area contributed by atoms with Gasteiger partial charge in [-0.25, -0.2) is 0 Å². The molecule has 1 fully saturated rings.